The molecule has 0 aliphatic carbocycles. The number of hydrogen-bond donors (Lipinski definition) is 1. The van der Waals surface area contributed by atoms with Crippen molar-refractivity contribution in [2.24, 2.45) is 0 Å². The molecule has 0 saturated carbocycles. The zero-order chi connectivity index (χ0) is 20.1. The van der Waals surface area contributed by atoms with Crippen molar-refractivity contribution in [3.63, 3.8) is 0 Å². The lowest BCUT2D eigenvalue weighted by Crippen LogP contribution is -2.22. The van der Waals surface area contributed by atoms with Gasteiger partial charge in [0, 0.05) is 17.8 Å². The Balaban J connectivity index is 1.73. The van der Waals surface area contributed by atoms with Crippen LogP contribution in [0.3, 0.4) is 0 Å². The first-order chi connectivity index (χ1) is 13.5. The number of nitrogens with one attached hydrogen (secondary N) is 1. The van der Waals surface area contributed by atoms with Crippen LogP contribution < -0.4 is 10.1 Å². The highest BCUT2D eigenvalue weighted by Gasteiger charge is 2.20. The van der Waals surface area contributed by atoms with Crippen molar-refractivity contribution in [3.05, 3.63) is 54.1 Å². The first-order valence-electron chi connectivity index (χ1n) is 9.13. The fraction of sp³-hybridized carbons (Fsp3) is 0.286. The molecule has 6 nitrogen and oxygen atoms in total. The van der Waals surface area contributed by atoms with Gasteiger partial charge in [-0.05, 0) is 57.2 Å². The molecule has 3 aromatic rings. The Morgan fingerprint density at radius 3 is 2.43 bits per heavy atom. The molecule has 1 N–H and O–H groups in total. The van der Waals surface area contributed by atoms with Gasteiger partial charge in [0.25, 0.3) is 0 Å². The highest BCUT2D eigenvalue weighted by atomic mass is 32.2. The Hall–Kier alpha value is -2.80. The summed E-state index contributed by atoms with van der Waals surface area (Å²) in [5.74, 6) is 1.51. The third-order valence-corrected chi connectivity index (χ3v) is 5.43. The largest absolute Gasteiger partial charge is 0.497 e. The lowest BCUT2D eigenvalue weighted by Gasteiger charge is -2.13. The molecule has 146 valence electrons. The molecule has 0 unspecified atom stereocenters. The molecular weight excluding hydrogens is 372 g/mol. The molecule has 1 heterocycles. The summed E-state index contributed by atoms with van der Waals surface area (Å²) in [6.45, 7) is 6.64. The van der Waals surface area contributed by atoms with E-state index in [9.17, 15) is 4.79 Å². The number of anilines is 1. The fourth-order valence-electron chi connectivity index (χ4n) is 2.71. The molecular formula is C21H24N4O2S. The van der Waals surface area contributed by atoms with Crippen LogP contribution in [0.4, 0.5) is 5.69 Å². The Labute approximate surface area is 169 Å². The average molecular weight is 397 g/mol. The van der Waals surface area contributed by atoms with E-state index in [4.69, 9.17) is 4.74 Å². The van der Waals surface area contributed by atoms with E-state index in [1.807, 2.05) is 73.9 Å². The number of methoxy groups -OCH3 is 1. The molecule has 0 spiro atoms. The summed E-state index contributed by atoms with van der Waals surface area (Å²) in [5, 5.41) is 12.0. The van der Waals surface area contributed by atoms with E-state index in [0.29, 0.717) is 6.54 Å². The first kappa shape index (κ1) is 19.9. The molecule has 0 aliphatic rings. The van der Waals surface area contributed by atoms with Gasteiger partial charge in [0.1, 0.15) is 5.75 Å². The Morgan fingerprint density at radius 2 is 1.82 bits per heavy atom. The number of carbonyl (C=O) groups excluding carboxylic acids is 1. The maximum atomic E-state index is 12.5. The van der Waals surface area contributed by atoms with Crippen molar-refractivity contribution in [1.82, 2.24) is 14.8 Å². The minimum Gasteiger partial charge on any atom is -0.497 e. The van der Waals surface area contributed by atoms with Crippen molar-refractivity contribution < 1.29 is 9.53 Å². The Bertz CT molecular complexity index is 936. The highest BCUT2D eigenvalue weighted by molar-refractivity contribution is 8.00. The monoisotopic (exact) mass is 396 g/mol. The predicted molar refractivity (Wildman–Crippen MR) is 113 cm³/mol. The molecule has 1 atom stereocenters. The van der Waals surface area contributed by atoms with Gasteiger partial charge in [-0.1, -0.05) is 29.5 Å². The Morgan fingerprint density at radius 1 is 1.14 bits per heavy atom. The van der Waals surface area contributed by atoms with Gasteiger partial charge in [0.05, 0.1) is 12.4 Å². The van der Waals surface area contributed by atoms with Crippen molar-refractivity contribution in [2.75, 3.05) is 12.4 Å². The van der Waals surface area contributed by atoms with E-state index in [-0.39, 0.29) is 11.2 Å². The average Bonchev–Trinajstić information content (AvgIpc) is 3.12. The van der Waals surface area contributed by atoms with Crippen molar-refractivity contribution >= 4 is 23.4 Å². The number of nitrogens with zero attached hydrogens (tertiary/aromatic N) is 3. The predicted octanol–water partition coefficient (Wildman–Crippen LogP) is 4.40. The number of hydrogen-bond acceptors (Lipinski definition) is 5. The quantitative estimate of drug-likeness (QED) is 0.600. The van der Waals surface area contributed by atoms with Gasteiger partial charge in [-0.25, -0.2) is 0 Å². The standard InChI is InChI=1S/C21H24N4O2S/c1-5-25-19(16-8-12-18(27-4)13-9-16)23-24-21(25)28-15(3)20(26)22-17-10-6-14(2)7-11-17/h6-13,15H,5H2,1-4H3,(H,22,26)/t15-/m0/s1. The summed E-state index contributed by atoms with van der Waals surface area (Å²) < 4.78 is 7.23. The second kappa shape index (κ2) is 8.93. The summed E-state index contributed by atoms with van der Waals surface area (Å²) in [4.78, 5) is 12.5. The zero-order valence-electron chi connectivity index (χ0n) is 16.5. The van der Waals surface area contributed by atoms with E-state index in [1.165, 1.54) is 11.8 Å². The van der Waals surface area contributed by atoms with Gasteiger partial charge < -0.3 is 14.6 Å². The number of rotatable bonds is 7. The smallest absolute Gasteiger partial charge is 0.237 e. The van der Waals surface area contributed by atoms with Crippen molar-refractivity contribution in [3.8, 4) is 17.1 Å². The fourth-order valence-corrected chi connectivity index (χ4v) is 3.62. The summed E-state index contributed by atoms with van der Waals surface area (Å²) in [6.07, 6.45) is 0. The molecule has 2 aromatic carbocycles. The van der Waals surface area contributed by atoms with Gasteiger partial charge >= 0.3 is 0 Å². The van der Waals surface area contributed by atoms with Crippen LogP contribution in [-0.4, -0.2) is 33.0 Å². The summed E-state index contributed by atoms with van der Waals surface area (Å²) >= 11 is 1.40. The van der Waals surface area contributed by atoms with Crippen LogP contribution in [0.1, 0.15) is 19.4 Å². The molecule has 7 heteroatoms. The number of benzene rings is 2. The van der Waals surface area contributed by atoms with Crippen LogP contribution in [0.15, 0.2) is 53.7 Å². The number of aromatic nitrogens is 3. The number of thioether (sulfide) groups is 1. The first-order valence-corrected chi connectivity index (χ1v) is 10.0. The Kier molecular flexibility index (Phi) is 6.36. The highest BCUT2D eigenvalue weighted by Crippen LogP contribution is 2.28. The molecule has 0 saturated heterocycles. The van der Waals surface area contributed by atoms with E-state index >= 15 is 0 Å². The summed E-state index contributed by atoms with van der Waals surface area (Å²) in [6, 6.07) is 15.5. The summed E-state index contributed by atoms with van der Waals surface area (Å²) in [7, 11) is 1.64. The lowest BCUT2D eigenvalue weighted by atomic mass is 10.2. The topological polar surface area (TPSA) is 69.0 Å². The van der Waals surface area contributed by atoms with Crippen molar-refractivity contribution in [2.45, 2.75) is 37.7 Å². The third-order valence-electron chi connectivity index (χ3n) is 4.35. The molecule has 0 fully saturated rings. The van der Waals surface area contributed by atoms with E-state index in [1.54, 1.807) is 7.11 Å². The van der Waals surface area contributed by atoms with Crippen LogP contribution in [0.25, 0.3) is 11.4 Å². The molecule has 1 amide bonds. The molecule has 1 aromatic heterocycles. The molecule has 0 aliphatic heterocycles. The van der Waals surface area contributed by atoms with Crippen LogP contribution in [0.5, 0.6) is 5.75 Å². The van der Waals surface area contributed by atoms with E-state index < -0.39 is 0 Å². The summed E-state index contributed by atoms with van der Waals surface area (Å²) in [5.41, 5.74) is 2.90. The number of carbonyl (C=O) groups is 1. The minimum atomic E-state index is -0.306. The van der Waals surface area contributed by atoms with Gasteiger partial charge in [0.15, 0.2) is 11.0 Å². The van der Waals surface area contributed by atoms with Gasteiger partial charge in [-0.3, -0.25) is 4.79 Å². The maximum Gasteiger partial charge on any atom is 0.237 e. The second-order valence-corrected chi connectivity index (χ2v) is 7.70. The van der Waals surface area contributed by atoms with E-state index in [0.717, 1.165) is 33.5 Å². The van der Waals surface area contributed by atoms with Crippen LogP contribution >= 0.6 is 11.8 Å². The van der Waals surface area contributed by atoms with Crippen LogP contribution in [-0.2, 0) is 11.3 Å². The number of amides is 1. The zero-order valence-corrected chi connectivity index (χ0v) is 17.3. The van der Waals surface area contributed by atoms with Gasteiger partial charge in [0.2, 0.25) is 5.91 Å². The maximum absolute atomic E-state index is 12.5. The number of aryl methyl sites for hydroxylation is 1. The molecule has 0 bridgehead atoms. The van der Waals surface area contributed by atoms with Crippen molar-refractivity contribution in [1.29, 1.82) is 0 Å². The SMILES string of the molecule is CCn1c(S[C@@H](C)C(=O)Nc2ccc(C)cc2)nnc1-c1ccc(OC)cc1. The van der Waals surface area contributed by atoms with Gasteiger partial charge in [-0.15, -0.1) is 10.2 Å². The number of ether oxygens (including phenoxy) is 1. The minimum absolute atomic E-state index is 0.0643. The lowest BCUT2D eigenvalue weighted by molar-refractivity contribution is -0.115. The second-order valence-electron chi connectivity index (χ2n) is 6.39. The van der Waals surface area contributed by atoms with Crippen LogP contribution in [0, 0.1) is 6.92 Å². The molecule has 3 rings (SSSR count). The van der Waals surface area contributed by atoms with Crippen LogP contribution in [0.2, 0.25) is 0 Å². The van der Waals surface area contributed by atoms with Gasteiger partial charge in [-0.2, -0.15) is 0 Å². The molecule has 28 heavy (non-hydrogen) atoms. The van der Waals surface area contributed by atoms with E-state index in [2.05, 4.69) is 15.5 Å². The normalized spacial score (nSPS) is 11.9. The molecule has 0 radical (unpaired) electrons. The third kappa shape index (κ3) is 4.54.